The minimum atomic E-state index is 0.392. The number of allylic oxidation sites excluding steroid dienone is 7. The summed E-state index contributed by atoms with van der Waals surface area (Å²) in [6.07, 6.45) is 11.2. The SMILES string of the molecule is C=C1C(/C=C\CC)=C(n2c3ccccc3c3cc4c(cc32)c2ccccc2n4-c2cccc3ccccc23)C=CCC1C. The highest BCUT2D eigenvalue weighted by Gasteiger charge is 2.22. The Bertz CT molecular complexity index is 2330. The average molecular weight is 555 g/mol. The highest BCUT2D eigenvalue weighted by atomic mass is 15.0. The van der Waals surface area contributed by atoms with Crippen LogP contribution in [0.25, 0.3) is 65.8 Å². The predicted molar refractivity (Wildman–Crippen MR) is 186 cm³/mol. The minimum absolute atomic E-state index is 0.392. The number of benzene rings is 5. The lowest BCUT2D eigenvalue weighted by molar-refractivity contribution is 0.712. The van der Waals surface area contributed by atoms with E-state index in [-0.39, 0.29) is 0 Å². The van der Waals surface area contributed by atoms with Gasteiger partial charge < -0.3 is 9.13 Å². The Balaban J connectivity index is 1.54. The van der Waals surface area contributed by atoms with Crippen molar-refractivity contribution in [3.8, 4) is 5.69 Å². The first-order valence-electron chi connectivity index (χ1n) is 15.4. The zero-order chi connectivity index (χ0) is 29.1. The van der Waals surface area contributed by atoms with Gasteiger partial charge in [-0.05, 0) is 66.1 Å². The molecule has 0 saturated heterocycles. The molecule has 43 heavy (non-hydrogen) atoms. The Morgan fingerprint density at radius 2 is 1.30 bits per heavy atom. The first-order valence-corrected chi connectivity index (χ1v) is 15.4. The highest BCUT2D eigenvalue weighted by Crippen LogP contribution is 2.42. The van der Waals surface area contributed by atoms with Gasteiger partial charge in [0.05, 0.1) is 33.5 Å². The lowest BCUT2D eigenvalue weighted by Gasteiger charge is -2.17. The second kappa shape index (κ2) is 10.0. The van der Waals surface area contributed by atoms with Gasteiger partial charge in [0.2, 0.25) is 0 Å². The van der Waals surface area contributed by atoms with Gasteiger partial charge in [-0.3, -0.25) is 0 Å². The first-order chi connectivity index (χ1) is 21.2. The number of hydrogen-bond donors (Lipinski definition) is 0. The van der Waals surface area contributed by atoms with Gasteiger partial charge in [-0.1, -0.05) is 111 Å². The molecule has 5 aromatic carbocycles. The van der Waals surface area contributed by atoms with Gasteiger partial charge in [0.15, 0.2) is 0 Å². The van der Waals surface area contributed by atoms with Gasteiger partial charge in [-0.25, -0.2) is 0 Å². The van der Waals surface area contributed by atoms with Crippen LogP contribution in [0, 0.1) is 5.92 Å². The largest absolute Gasteiger partial charge is 0.309 e. The molecule has 0 fully saturated rings. The summed E-state index contributed by atoms with van der Waals surface area (Å²) in [6.45, 7) is 9.07. The summed E-state index contributed by atoms with van der Waals surface area (Å²) in [5.41, 5.74) is 9.71. The molecule has 2 heterocycles. The molecular weight excluding hydrogens is 520 g/mol. The Morgan fingerprint density at radius 1 is 0.698 bits per heavy atom. The number of aromatic nitrogens is 2. The van der Waals surface area contributed by atoms with E-state index >= 15 is 0 Å². The van der Waals surface area contributed by atoms with E-state index in [1.807, 2.05) is 0 Å². The van der Waals surface area contributed by atoms with Gasteiger partial charge in [0.1, 0.15) is 0 Å². The van der Waals surface area contributed by atoms with Crippen molar-refractivity contribution in [3.05, 3.63) is 145 Å². The standard InChI is InChI=1S/C41H34N2/c1-4-5-17-30-28(3)27(2)14-12-23-36(30)42-38-21-10-8-19-32(38)34-26-41-35(25-40(34)42)33-20-9-11-22-39(33)43(41)37-24-13-16-29-15-6-7-18-31(29)37/h5-13,15-27H,3-4,14H2,1-2H3/b17-5-. The lowest BCUT2D eigenvalue weighted by Crippen LogP contribution is -2.03. The fourth-order valence-electron chi connectivity index (χ4n) is 7.02. The van der Waals surface area contributed by atoms with E-state index in [1.54, 1.807) is 0 Å². The maximum absolute atomic E-state index is 4.60. The molecule has 2 aromatic heterocycles. The fraction of sp³-hybridized carbons (Fsp3) is 0.122. The van der Waals surface area contributed by atoms with E-state index in [4.69, 9.17) is 0 Å². The molecule has 1 aliphatic carbocycles. The summed E-state index contributed by atoms with van der Waals surface area (Å²) in [5.74, 6) is 0.392. The number of fused-ring (bicyclic) bond motifs is 7. The highest BCUT2D eigenvalue weighted by molar-refractivity contribution is 6.20. The average Bonchev–Trinajstić information content (AvgIpc) is 3.49. The Morgan fingerprint density at radius 3 is 2.02 bits per heavy atom. The van der Waals surface area contributed by atoms with Crippen LogP contribution >= 0.6 is 0 Å². The quantitative estimate of drug-likeness (QED) is 0.205. The minimum Gasteiger partial charge on any atom is -0.309 e. The van der Waals surface area contributed by atoms with Crippen LogP contribution in [0.2, 0.25) is 0 Å². The molecule has 0 saturated carbocycles. The van der Waals surface area contributed by atoms with E-state index in [9.17, 15) is 0 Å². The van der Waals surface area contributed by atoms with Gasteiger partial charge in [-0.15, -0.1) is 0 Å². The van der Waals surface area contributed by atoms with Crippen LogP contribution in [-0.4, -0.2) is 9.13 Å². The van der Waals surface area contributed by atoms with Crippen molar-refractivity contribution in [3.63, 3.8) is 0 Å². The molecule has 7 aromatic rings. The Hall–Kier alpha value is -5.08. The van der Waals surface area contributed by atoms with Crippen molar-refractivity contribution >= 4 is 60.1 Å². The summed E-state index contributed by atoms with van der Waals surface area (Å²) >= 11 is 0. The summed E-state index contributed by atoms with van der Waals surface area (Å²) in [6, 6.07) is 37.8. The Kier molecular flexibility index (Phi) is 5.97. The number of rotatable bonds is 4. The van der Waals surface area contributed by atoms with Crippen LogP contribution in [-0.2, 0) is 0 Å². The van der Waals surface area contributed by atoms with Crippen LogP contribution in [0.15, 0.2) is 145 Å². The zero-order valence-electron chi connectivity index (χ0n) is 24.7. The molecule has 0 radical (unpaired) electrons. The second-order valence-electron chi connectivity index (χ2n) is 11.8. The third-order valence-electron chi connectivity index (χ3n) is 9.22. The topological polar surface area (TPSA) is 9.86 Å². The third kappa shape index (κ3) is 3.87. The predicted octanol–water partition coefficient (Wildman–Crippen LogP) is 11.4. The number of para-hydroxylation sites is 2. The maximum atomic E-state index is 4.60. The van der Waals surface area contributed by atoms with E-state index < -0.39 is 0 Å². The van der Waals surface area contributed by atoms with Crippen LogP contribution in [0.5, 0.6) is 0 Å². The molecule has 0 amide bonds. The smallest absolute Gasteiger partial charge is 0.0549 e. The van der Waals surface area contributed by atoms with Gasteiger partial charge in [0.25, 0.3) is 0 Å². The van der Waals surface area contributed by atoms with Crippen molar-refractivity contribution < 1.29 is 0 Å². The molecule has 8 rings (SSSR count). The van der Waals surface area contributed by atoms with Crippen molar-refractivity contribution in [2.45, 2.75) is 26.7 Å². The van der Waals surface area contributed by atoms with Crippen molar-refractivity contribution in [2.24, 2.45) is 5.92 Å². The summed E-state index contributed by atoms with van der Waals surface area (Å²) in [5, 5.41) is 7.54. The summed E-state index contributed by atoms with van der Waals surface area (Å²) < 4.78 is 4.94. The molecule has 2 nitrogen and oxygen atoms in total. The van der Waals surface area contributed by atoms with Crippen molar-refractivity contribution in [1.82, 2.24) is 9.13 Å². The summed E-state index contributed by atoms with van der Waals surface area (Å²) in [4.78, 5) is 0. The number of nitrogens with zero attached hydrogens (tertiary/aromatic N) is 2. The molecule has 208 valence electrons. The maximum Gasteiger partial charge on any atom is 0.0549 e. The van der Waals surface area contributed by atoms with Gasteiger partial charge >= 0.3 is 0 Å². The zero-order valence-corrected chi connectivity index (χ0v) is 24.7. The molecule has 0 N–H and O–H groups in total. The van der Waals surface area contributed by atoms with E-state index in [0.717, 1.165) is 12.8 Å². The van der Waals surface area contributed by atoms with Gasteiger partial charge in [0, 0.05) is 32.5 Å². The molecule has 0 bridgehead atoms. The molecular formula is C41H34N2. The monoisotopic (exact) mass is 554 g/mol. The summed E-state index contributed by atoms with van der Waals surface area (Å²) in [7, 11) is 0. The fourth-order valence-corrected chi connectivity index (χ4v) is 7.02. The molecule has 1 aliphatic rings. The number of hydrogen-bond acceptors (Lipinski definition) is 0. The van der Waals surface area contributed by atoms with Crippen LogP contribution in [0.3, 0.4) is 0 Å². The van der Waals surface area contributed by atoms with Crippen LogP contribution in [0.4, 0.5) is 0 Å². The van der Waals surface area contributed by atoms with E-state index in [0.29, 0.717) is 5.92 Å². The van der Waals surface area contributed by atoms with Gasteiger partial charge in [-0.2, -0.15) is 0 Å². The Labute approximate surface area is 252 Å². The third-order valence-corrected chi connectivity index (χ3v) is 9.22. The molecule has 1 unspecified atom stereocenters. The van der Waals surface area contributed by atoms with E-state index in [2.05, 4.69) is 157 Å². The molecule has 0 aliphatic heterocycles. The molecule has 2 heteroatoms. The molecule has 0 spiro atoms. The van der Waals surface area contributed by atoms with Crippen molar-refractivity contribution in [2.75, 3.05) is 0 Å². The normalized spacial score (nSPS) is 16.1. The second-order valence-corrected chi connectivity index (χ2v) is 11.8. The van der Waals surface area contributed by atoms with E-state index in [1.165, 1.54) is 76.9 Å². The lowest BCUT2D eigenvalue weighted by atomic mass is 9.93. The van der Waals surface area contributed by atoms with Crippen molar-refractivity contribution in [1.29, 1.82) is 0 Å². The molecule has 1 atom stereocenters. The first kappa shape index (κ1) is 25.6. The van der Waals surface area contributed by atoms with Crippen LogP contribution < -0.4 is 0 Å². The van der Waals surface area contributed by atoms with Crippen LogP contribution in [0.1, 0.15) is 26.7 Å².